The van der Waals surface area contributed by atoms with Gasteiger partial charge in [0.15, 0.2) is 18.1 Å². The zero-order valence-electron chi connectivity index (χ0n) is 15.3. The molecule has 0 spiro atoms. The fraction of sp³-hybridized carbons (Fsp3) is 0.100. The molecule has 2 aromatic heterocycles. The Morgan fingerprint density at radius 3 is 2.21 bits per heavy atom. The van der Waals surface area contributed by atoms with Gasteiger partial charge in [0.1, 0.15) is 0 Å². The Hall–Kier alpha value is -4.14. The molecule has 0 saturated heterocycles. The van der Waals surface area contributed by atoms with Gasteiger partial charge in [-0.05, 0) is 48.9 Å². The Kier molecular flexibility index (Phi) is 5.88. The van der Waals surface area contributed by atoms with Gasteiger partial charge in [0.05, 0.1) is 18.1 Å². The molecule has 0 aliphatic rings. The summed E-state index contributed by atoms with van der Waals surface area (Å²) in [6.07, 6.45) is 2.66. The second-order valence-corrected chi connectivity index (χ2v) is 5.89. The molecule has 148 valence electrons. The third-order valence-electron chi connectivity index (χ3n) is 3.80. The summed E-state index contributed by atoms with van der Waals surface area (Å²) in [7, 11) is 0. The number of carbonyl (C=O) groups is 4. The van der Waals surface area contributed by atoms with Crippen LogP contribution in [0.5, 0.6) is 0 Å². The van der Waals surface area contributed by atoms with E-state index in [9.17, 15) is 19.2 Å². The van der Waals surface area contributed by atoms with Crippen LogP contribution >= 0.6 is 0 Å². The first-order valence-electron chi connectivity index (χ1n) is 8.44. The van der Waals surface area contributed by atoms with Gasteiger partial charge in [0, 0.05) is 5.69 Å². The van der Waals surface area contributed by atoms with Crippen LogP contribution in [0.3, 0.4) is 0 Å². The van der Waals surface area contributed by atoms with Crippen molar-refractivity contribution in [3.05, 3.63) is 77.6 Å². The van der Waals surface area contributed by atoms with E-state index in [1.165, 1.54) is 42.9 Å². The van der Waals surface area contributed by atoms with Crippen LogP contribution in [-0.4, -0.2) is 30.3 Å². The van der Waals surface area contributed by atoms with E-state index in [0.29, 0.717) is 11.3 Å². The molecule has 0 aliphatic heterocycles. The Bertz CT molecular complexity index is 1040. The lowest BCUT2D eigenvalue weighted by atomic mass is 10.1. The molecule has 2 heterocycles. The normalized spacial score (nSPS) is 10.2. The molecule has 9 nitrogen and oxygen atoms in total. The summed E-state index contributed by atoms with van der Waals surface area (Å²) in [5, 5.41) is 4.67. The first-order chi connectivity index (χ1) is 13.9. The van der Waals surface area contributed by atoms with Gasteiger partial charge in [-0.15, -0.1) is 0 Å². The molecule has 3 amide bonds. The van der Waals surface area contributed by atoms with E-state index in [0.717, 1.165) is 0 Å². The zero-order chi connectivity index (χ0) is 20.8. The second kappa shape index (κ2) is 8.70. The molecule has 9 heteroatoms. The summed E-state index contributed by atoms with van der Waals surface area (Å²) in [5.41, 5.74) is 1.22. The Morgan fingerprint density at radius 1 is 0.931 bits per heavy atom. The SMILES string of the molecule is Cc1ccc(C(=O)OCC(=O)NC(=O)c2ccco2)cc1NC(=O)c1ccco1. The average molecular weight is 396 g/mol. The average Bonchev–Trinajstić information content (AvgIpc) is 3.41. The number of hydrogen-bond acceptors (Lipinski definition) is 7. The molecular formula is C20H16N2O7. The molecule has 2 N–H and O–H groups in total. The number of imide groups is 1. The van der Waals surface area contributed by atoms with Gasteiger partial charge in [-0.25, -0.2) is 4.79 Å². The lowest BCUT2D eigenvalue weighted by molar-refractivity contribution is -0.123. The molecule has 0 aliphatic carbocycles. The topological polar surface area (TPSA) is 128 Å². The van der Waals surface area contributed by atoms with Crippen molar-refractivity contribution in [1.82, 2.24) is 5.32 Å². The fourth-order valence-corrected chi connectivity index (χ4v) is 2.32. The fourth-order valence-electron chi connectivity index (χ4n) is 2.32. The summed E-state index contributed by atoms with van der Waals surface area (Å²) in [4.78, 5) is 47.8. The van der Waals surface area contributed by atoms with Crippen LogP contribution in [0, 0.1) is 6.92 Å². The third-order valence-corrected chi connectivity index (χ3v) is 3.80. The number of ether oxygens (including phenoxy) is 1. The summed E-state index contributed by atoms with van der Waals surface area (Å²) in [5.74, 6) is -2.73. The van der Waals surface area contributed by atoms with Gasteiger partial charge in [-0.2, -0.15) is 0 Å². The van der Waals surface area contributed by atoms with Crippen molar-refractivity contribution in [3.8, 4) is 0 Å². The Labute approximate surface area is 164 Å². The van der Waals surface area contributed by atoms with Gasteiger partial charge in [-0.1, -0.05) is 6.07 Å². The molecular weight excluding hydrogens is 380 g/mol. The molecule has 0 unspecified atom stereocenters. The number of nitrogens with one attached hydrogen (secondary N) is 2. The summed E-state index contributed by atoms with van der Waals surface area (Å²) >= 11 is 0. The van der Waals surface area contributed by atoms with Crippen molar-refractivity contribution in [2.75, 3.05) is 11.9 Å². The van der Waals surface area contributed by atoms with Crippen molar-refractivity contribution < 1.29 is 32.7 Å². The molecule has 3 rings (SSSR count). The van der Waals surface area contributed by atoms with Crippen LogP contribution in [-0.2, 0) is 9.53 Å². The van der Waals surface area contributed by atoms with E-state index in [1.807, 2.05) is 5.32 Å². The maximum atomic E-state index is 12.2. The van der Waals surface area contributed by atoms with E-state index in [-0.39, 0.29) is 17.1 Å². The van der Waals surface area contributed by atoms with Crippen LogP contribution in [0.2, 0.25) is 0 Å². The highest BCUT2D eigenvalue weighted by Gasteiger charge is 2.17. The Balaban J connectivity index is 1.58. The monoisotopic (exact) mass is 396 g/mol. The van der Waals surface area contributed by atoms with Crippen LogP contribution in [0.1, 0.15) is 37.0 Å². The van der Waals surface area contributed by atoms with Crippen molar-refractivity contribution >= 4 is 29.4 Å². The van der Waals surface area contributed by atoms with Crippen LogP contribution in [0.15, 0.2) is 63.8 Å². The molecule has 1 aromatic carbocycles. The second-order valence-electron chi connectivity index (χ2n) is 5.89. The van der Waals surface area contributed by atoms with E-state index >= 15 is 0 Å². The van der Waals surface area contributed by atoms with Crippen LogP contribution < -0.4 is 10.6 Å². The number of rotatable bonds is 6. The van der Waals surface area contributed by atoms with Gasteiger partial charge < -0.3 is 18.9 Å². The van der Waals surface area contributed by atoms with E-state index in [2.05, 4.69) is 5.32 Å². The number of benzene rings is 1. The van der Waals surface area contributed by atoms with Crippen molar-refractivity contribution in [2.45, 2.75) is 6.92 Å². The minimum Gasteiger partial charge on any atom is -0.459 e. The van der Waals surface area contributed by atoms with Gasteiger partial charge >= 0.3 is 5.97 Å². The molecule has 0 fully saturated rings. The smallest absolute Gasteiger partial charge is 0.338 e. The molecule has 0 saturated carbocycles. The number of anilines is 1. The maximum Gasteiger partial charge on any atom is 0.338 e. The summed E-state index contributed by atoms with van der Waals surface area (Å²) < 4.78 is 14.8. The van der Waals surface area contributed by atoms with E-state index in [1.54, 1.807) is 19.1 Å². The standard InChI is InChI=1S/C20H16N2O7/c1-12-6-7-13(10-14(12)21-18(24)15-4-2-8-27-15)20(26)29-11-17(23)22-19(25)16-5-3-9-28-16/h2-10H,11H2,1H3,(H,21,24)(H,22,23,25). The lowest BCUT2D eigenvalue weighted by Crippen LogP contribution is -2.34. The highest BCUT2D eigenvalue weighted by Crippen LogP contribution is 2.19. The van der Waals surface area contributed by atoms with E-state index < -0.39 is 30.3 Å². The minimum absolute atomic E-state index is 0.0415. The van der Waals surface area contributed by atoms with Gasteiger partial charge in [0.25, 0.3) is 17.7 Å². The number of hydrogen-bond donors (Lipinski definition) is 2. The molecule has 0 atom stereocenters. The minimum atomic E-state index is -0.807. The zero-order valence-corrected chi connectivity index (χ0v) is 15.3. The third kappa shape index (κ3) is 4.98. The number of esters is 1. The first kappa shape index (κ1) is 19.6. The number of furan rings is 2. The molecule has 29 heavy (non-hydrogen) atoms. The predicted octanol–water partition coefficient (Wildman–Crippen LogP) is 2.55. The number of amides is 3. The highest BCUT2D eigenvalue weighted by molar-refractivity contribution is 6.05. The Morgan fingerprint density at radius 2 is 1.59 bits per heavy atom. The quantitative estimate of drug-likeness (QED) is 0.613. The largest absolute Gasteiger partial charge is 0.459 e. The predicted molar refractivity (Wildman–Crippen MR) is 99.3 cm³/mol. The summed E-state index contributed by atoms with van der Waals surface area (Å²) in [6.45, 7) is 1.09. The number of aryl methyl sites for hydroxylation is 1. The lowest BCUT2D eigenvalue weighted by Gasteiger charge is -2.10. The molecule has 0 bridgehead atoms. The summed E-state index contributed by atoms with van der Waals surface area (Å²) in [6, 6.07) is 10.5. The number of carbonyl (C=O) groups excluding carboxylic acids is 4. The molecule has 0 radical (unpaired) electrons. The van der Waals surface area contributed by atoms with Crippen LogP contribution in [0.25, 0.3) is 0 Å². The maximum absolute atomic E-state index is 12.2. The van der Waals surface area contributed by atoms with Gasteiger partial charge in [-0.3, -0.25) is 19.7 Å². The van der Waals surface area contributed by atoms with Crippen LogP contribution in [0.4, 0.5) is 5.69 Å². The van der Waals surface area contributed by atoms with E-state index in [4.69, 9.17) is 13.6 Å². The van der Waals surface area contributed by atoms with Crippen molar-refractivity contribution in [1.29, 1.82) is 0 Å². The first-order valence-corrected chi connectivity index (χ1v) is 8.44. The van der Waals surface area contributed by atoms with Crippen molar-refractivity contribution in [3.63, 3.8) is 0 Å². The highest BCUT2D eigenvalue weighted by atomic mass is 16.5. The van der Waals surface area contributed by atoms with Gasteiger partial charge in [0.2, 0.25) is 0 Å². The molecule has 3 aromatic rings. The van der Waals surface area contributed by atoms with Crippen molar-refractivity contribution in [2.24, 2.45) is 0 Å².